The Hall–Kier alpha value is -3.15. The topological polar surface area (TPSA) is 78.9 Å². The zero-order chi connectivity index (χ0) is 45.8. The van der Waals surface area contributed by atoms with Crippen LogP contribution in [-0.4, -0.2) is 37.2 Å². The fourth-order valence-electron chi connectivity index (χ4n) is 7.23. The Morgan fingerprint density at radius 2 is 0.619 bits per heavy atom. The van der Waals surface area contributed by atoms with E-state index in [0.717, 1.165) is 116 Å². The van der Waals surface area contributed by atoms with Gasteiger partial charge in [0.25, 0.3) is 0 Å². The molecule has 0 saturated carbocycles. The van der Waals surface area contributed by atoms with Crippen LogP contribution < -0.4 is 0 Å². The van der Waals surface area contributed by atoms with Crippen LogP contribution in [0.2, 0.25) is 0 Å². The minimum absolute atomic E-state index is 0.0855. The van der Waals surface area contributed by atoms with Crippen LogP contribution in [0.3, 0.4) is 0 Å². The number of allylic oxidation sites excluding steroid dienone is 12. The lowest BCUT2D eigenvalue weighted by atomic mass is 10.1. The molecular weight excluding hydrogens is 781 g/mol. The van der Waals surface area contributed by atoms with Crippen molar-refractivity contribution in [2.24, 2.45) is 0 Å². The minimum atomic E-state index is -0.788. The molecule has 0 aromatic heterocycles. The number of esters is 3. The first-order chi connectivity index (χ1) is 31.0. The van der Waals surface area contributed by atoms with Crippen LogP contribution in [0.4, 0.5) is 0 Å². The first-order valence-corrected chi connectivity index (χ1v) is 26.4. The number of unbranched alkanes of at least 4 members (excludes halogenated alkanes) is 24. The number of hydrogen-bond acceptors (Lipinski definition) is 6. The van der Waals surface area contributed by atoms with Gasteiger partial charge < -0.3 is 14.2 Å². The van der Waals surface area contributed by atoms with E-state index < -0.39 is 6.10 Å². The molecule has 0 bridgehead atoms. The Morgan fingerprint density at radius 1 is 0.333 bits per heavy atom. The Labute approximate surface area is 389 Å². The molecule has 0 saturated heterocycles. The third kappa shape index (κ3) is 49.7. The zero-order valence-electron chi connectivity index (χ0n) is 41.3. The summed E-state index contributed by atoms with van der Waals surface area (Å²) < 4.78 is 16.8. The third-order valence-electron chi connectivity index (χ3n) is 11.2. The van der Waals surface area contributed by atoms with Gasteiger partial charge in [-0.05, 0) is 89.9 Å². The smallest absolute Gasteiger partial charge is 0.306 e. The molecule has 0 aromatic carbocycles. The van der Waals surface area contributed by atoms with Gasteiger partial charge >= 0.3 is 17.9 Å². The first kappa shape index (κ1) is 59.9. The lowest BCUT2D eigenvalue weighted by molar-refractivity contribution is -0.167. The van der Waals surface area contributed by atoms with Crippen molar-refractivity contribution >= 4 is 17.9 Å². The van der Waals surface area contributed by atoms with Gasteiger partial charge in [0.05, 0.1) is 0 Å². The standard InChI is InChI=1S/C57H98O6/c1-4-7-10-13-16-19-22-24-26-27-28-29-31-32-35-38-41-44-47-50-56(59)62-53-54(52-61-55(58)49-46-43-40-37-34-21-18-15-12-9-6-3)63-57(60)51-48-45-42-39-36-33-30-25-23-20-17-14-11-8-5-2/h8,11,16-17,19-20,24-26,28-30,54H,4-7,9-10,12-15,18,21-23,27,31-53H2,1-3H3/b11-8-,19-16-,20-17-,26-24-,29-28-,30-25-/t54-/m1/s1. The molecule has 0 aliphatic rings. The van der Waals surface area contributed by atoms with Crippen LogP contribution in [-0.2, 0) is 28.6 Å². The third-order valence-corrected chi connectivity index (χ3v) is 11.2. The fraction of sp³-hybridized carbons (Fsp3) is 0.737. The second kappa shape index (κ2) is 51.5. The summed E-state index contributed by atoms with van der Waals surface area (Å²) in [5.74, 6) is -0.913. The van der Waals surface area contributed by atoms with Crippen LogP contribution in [0.15, 0.2) is 72.9 Å². The first-order valence-electron chi connectivity index (χ1n) is 26.4. The van der Waals surface area contributed by atoms with Gasteiger partial charge in [-0.1, -0.05) is 216 Å². The molecule has 6 heteroatoms. The van der Waals surface area contributed by atoms with Gasteiger partial charge in [-0.3, -0.25) is 14.4 Å². The maximum Gasteiger partial charge on any atom is 0.306 e. The number of hydrogen-bond donors (Lipinski definition) is 0. The molecule has 6 nitrogen and oxygen atoms in total. The second-order valence-electron chi connectivity index (χ2n) is 17.4. The number of carbonyl (C=O) groups excluding carboxylic acids is 3. The maximum absolute atomic E-state index is 12.8. The Balaban J connectivity index is 4.40. The fourth-order valence-corrected chi connectivity index (χ4v) is 7.23. The van der Waals surface area contributed by atoms with Gasteiger partial charge in [0, 0.05) is 19.3 Å². The van der Waals surface area contributed by atoms with Crippen molar-refractivity contribution in [3.63, 3.8) is 0 Å². The largest absolute Gasteiger partial charge is 0.462 e. The predicted molar refractivity (Wildman–Crippen MR) is 270 cm³/mol. The number of carbonyl (C=O) groups is 3. The van der Waals surface area contributed by atoms with Gasteiger partial charge in [-0.25, -0.2) is 0 Å². The summed E-state index contributed by atoms with van der Waals surface area (Å²) in [4.78, 5) is 38.0. The highest BCUT2D eigenvalue weighted by Gasteiger charge is 2.19. The molecule has 0 aromatic rings. The molecule has 0 radical (unpaired) electrons. The summed E-state index contributed by atoms with van der Waals surface area (Å²) in [6.07, 6.45) is 64.5. The summed E-state index contributed by atoms with van der Waals surface area (Å²) >= 11 is 0. The van der Waals surface area contributed by atoms with Crippen LogP contribution in [0.5, 0.6) is 0 Å². The van der Waals surface area contributed by atoms with E-state index >= 15 is 0 Å². The lowest BCUT2D eigenvalue weighted by Gasteiger charge is -2.18. The normalized spacial score (nSPS) is 12.6. The molecule has 362 valence electrons. The SMILES string of the molecule is CC/C=C\C/C=C\C/C=C\CCCCCCCC(=O)O[C@@H](COC(=O)CCCCCCCC/C=C\C/C=C\C/C=C\CCCCC)COC(=O)CCCCCCCCCCCCC. The van der Waals surface area contributed by atoms with Crippen LogP contribution >= 0.6 is 0 Å². The van der Waals surface area contributed by atoms with Crippen LogP contribution in [0.25, 0.3) is 0 Å². The average molecular weight is 879 g/mol. The molecule has 0 heterocycles. The lowest BCUT2D eigenvalue weighted by Crippen LogP contribution is -2.30. The highest BCUT2D eigenvalue weighted by Crippen LogP contribution is 2.14. The molecule has 63 heavy (non-hydrogen) atoms. The number of ether oxygens (including phenoxy) is 3. The Kier molecular flexibility index (Phi) is 48.9. The average Bonchev–Trinajstić information content (AvgIpc) is 3.28. The zero-order valence-corrected chi connectivity index (χ0v) is 41.3. The van der Waals surface area contributed by atoms with Crippen molar-refractivity contribution in [2.45, 2.75) is 258 Å². The van der Waals surface area contributed by atoms with E-state index in [1.807, 2.05) is 0 Å². The van der Waals surface area contributed by atoms with Crippen molar-refractivity contribution in [1.29, 1.82) is 0 Å². The van der Waals surface area contributed by atoms with Gasteiger partial charge in [-0.2, -0.15) is 0 Å². The summed E-state index contributed by atoms with van der Waals surface area (Å²) in [5.41, 5.74) is 0. The van der Waals surface area contributed by atoms with Crippen LogP contribution in [0.1, 0.15) is 252 Å². The molecule has 0 fully saturated rings. The van der Waals surface area contributed by atoms with E-state index in [9.17, 15) is 14.4 Å². The van der Waals surface area contributed by atoms with Crippen molar-refractivity contribution in [2.75, 3.05) is 13.2 Å². The van der Waals surface area contributed by atoms with Crippen molar-refractivity contribution in [1.82, 2.24) is 0 Å². The quantitative estimate of drug-likeness (QED) is 0.0262. The monoisotopic (exact) mass is 879 g/mol. The van der Waals surface area contributed by atoms with E-state index in [1.165, 1.54) is 96.3 Å². The van der Waals surface area contributed by atoms with Gasteiger partial charge in [0.15, 0.2) is 6.10 Å². The summed E-state index contributed by atoms with van der Waals surface area (Å²) in [6, 6.07) is 0. The molecule has 0 spiro atoms. The molecule has 0 amide bonds. The molecule has 0 N–H and O–H groups in total. The highest BCUT2D eigenvalue weighted by molar-refractivity contribution is 5.71. The van der Waals surface area contributed by atoms with Crippen molar-refractivity contribution in [3.05, 3.63) is 72.9 Å². The van der Waals surface area contributed by atoms with Crippen molar-refractivity contribution < 1.29 is 28.6 Å². The van der Waals surface area contributed by atoms with E-state index in [4.69, 9.17) is 14.2 Å². The van der Waals surface area contributed by atoms with Gasteiger partial charge in [0.1, 0.15) is 13.2 Å². The van der Waals surface area contributed by atoms with Gasteiger partial charge in [0.2, 0.25) is 0 Å². The van der Waals surface area contributed by atoms with E-state index in [0.29, 0.717) is 19.3 Å². The number of rotatable bonds is 47. The molecule has 0 aliphatic carbocycles. The highest BCUT2D eigenvalue weighted by atomic mass is 16.6. The summed E-state index contributed by atoms with van der Waals surface area (Å²) in [5, 5.41) is 0. The second-order valence-corrected chi connectivity index (χ2v) is 17.4. The van der Waals surface area contributed by atoms with Crippen molar-refractivity contribution in [3.8, 4) is 0 Å². The van der Waals surface area contributed by atoms with E-state index in [2.05, 4.69) is 93.7 Å². The summed E-state index contributed by atoms with van der Waals surface area (Å²) in [6.45, 7) is 6.47. The maximum atomic E-state index is 12.8. The molecule has 0 unspecified atom stereocenters. The van der Waals surface area contributed by atoms with Gasteiger partial charge in [-0.15, -0.1) is 0 Å². The predicted octanol–water partition coefficient (Wildman–Crippen LogP) is 17.4. The summed E-state index contributed by atoms with van der Waals surface area (Å²) in [7, 11) is 0. The minimum Gasteiger partial charge on any atom is -0.462 e. The Bertz CT molecular complexity index is 1190. The Morgan fingerprint density at radius 3 is 1.00 bits per heavy atom. The molecular formula is C57H98O6. The van der Waals surface area contributed by atoms with Crippen LogP contribution in [0, 0.1) is 0 Å². The molecule has 1 atom stereocenters. The van der Waals surface area contributed by atoms with E-state index in [-0.39, 0.29) is 31.1 Å². The van der Waals surface area contributed by atoms with E-state index in [1.54, 1.807) is 0 Å². The molecule has 0 rings (SSSR count). The molecule has 0 aliphatic heterocycles.